The Kier molecular flexibility index (Phi) is 6.80. The largest absolute Gasteiger partial charge is 0.309 e. The first kappa shape index (κ1) is 30.2. The summed E-state index contributed by atoms with van der Waals surface area (Å²) in [4.78, 5) is 15.0. The van der Waals surface area contributed by atoms with Crippen LogP contribution in [0.25, 0.3) is 83.9 Å². The molecule has 7 aromatic carbocycles. The van der Waals surface area contributed by atoms with Crippen LogP contribution in [0.4, 0.5) is 0 Å². The van der Waals surface area contributed by atoms with Gasteiger partial charge in [0.1, 0.15) is 0 Å². The minimum atomic E-state index is -0.0932. The van der Waals surface area contributed by atoms with Crippen LogP contribution in [0.5, 0.6) is 0 Å². The first-order chi connectivity index (χ1) is 25.5. The van der Waals surface area contributed by atoms with Gasteiger partial charge in [0.25, 0.3) is 0 Å². The second-order valence-corrected chi connectivity index (χ2v) is 14.1. The number of nitrogens with zero attached hydrogens (tertiary/aromatic N) is 4. The van der Waals surface area contributed by atoms with Gasteiger partial charge in [-0.2, -0.15) is 0 Å². The van der Waals surface area contributed by atoms with Gasteiger partial charge in [-0.1, -0.05) is 159 Å². The molecule has 0 atom stereocenters. The van der Waals surface area contributed by atoms with Crippen molar-refractivity contribution < 1.29 is 0 Å². The van der Waals surface area contributed by atoms with Crippen molar-refractivity contribution in [3.8, 4) is 62.1 Å². The van der Waals surface area contributed by atoms with Gasteiger partial charge in [-0.3, -0.25) is 0 Å². The zero-order valence-electron chi connectivity index (χ0n) is 29.0. The third-order valence-electron chi connectivity index (χ3n) is 10.6. The molecule has 0 saturated heterocycles. The summed E-state index contributed by atoms with van der Waals surface area (Å²) in [7, 11) is 0. The predicted octanol–water partition coefficient (Wildman–Crippen LogP) is 11.9. The smallest absolute Gasteiger partial charge is 0.164 e. The average molecular weight is 667 g/mol. The number of rotatable bonds is 5. The van der Waals surface area contributed by atoms with Gasteiger partial charge >= 0.3 is 0 Å². The Hall–Kier alpha value is -6.65. The van der Waals surface area contributed by atoms with Gasteiger partial charge in [0.2, 0.25) is 0 Å². The fourth-order valence-electron chi connectivity index (χ4n) is 8.11. The lowest BCUT2D eigenvalue weighted by Gasteiger charge is -2.21. The summed E-state index contributed by atoms with van der Waals surface area (Å²) in [6.45, 7) is 4.70. The van der Waals surface area contributed by atoms with Crippen molar-refractivity contribution in [3.63, 3.8) is 0 Å². The van der Waals surface area contributed by atoms with Crippen molar-refractivity contribution in [2.75, 3.05) is 0 Å². The molecule has 0 N–H and O–H groups in total. The molecule has 0 fully saturated rings. The van der Waals surface area contributed by atoms with Crippen molar-refractivity contribution >= 4 is 21.8 Å². The maximum Gasteiger partial charge on any atom is 0.164 e. The van der Waals surface area contributed by atoms with Crippen molar-refractivity contribution in [1.82, 2.24) is 19.5 Å². The van der Waals surface area contributed by atoms with Crippen molar-refractivity contribution in [2.45, 2.75) is 19.3 Å². The van der Waals surface area contributed by atoms with Crippen LogP contribution in [0.1, 0.15) is 25.0 Å². The van der Waals surface area contributed by atoms with E-state index in [-0.39, 0.29) is 5.41 Å². The number of hydrogen-bond acceptors (Lipinski definition) is 3. The summed E-state index contributed by atoms with van der Waals surface area (Å²) < 4.78 is 2.42. The maximum atomic E-state index is 5.06. The molecule has 2 aromatic heterocycles. The Morgan fingerprint density at radius 2 is 1.00 bits per heavy atom. The van der Waals surface area contributed by atoms with E-state index in [1.54, 1.807) is 0 Å². The van der Waals surface area contributed by atoms with Gasteiger partial charge in [-0.15, -0.1) is 0 Å². The summed E-state index contributed by atoms with van der Waals surface area (Å²) in [5.74, 6) is 1.93. The Balaban J connectivity index is 1.23. The van der Waals surface area contributed by atoms with Crippen molar-refractivity contribution in [3.05, 3.63) is 181 Å². The summed E-state index contributed by atoms with van der Waals surface area (Å²) in [6.07, 6.45) is 0. The second-order valence-electron chi connectivity index (χ2n) is 14.1. The molecule has 0 amide bonds. The monoisotopic (exact) mass is 666 g/mol. The topological polar surface area (TPSA) is 43.6 Å². The molecule has 2 heterocycles. The maximum absolute atomic E-state index is 5.06. The van der Waals surface area contributed by atoms with E-state index >= 15 is 0 Å². The van der Waals surface area contributed by atoms with Gasteiger partial charge in [0.05, 0.1) is 11.0 Å². The molecule has 0 aliphatic heterocycles. The highest BCUT2D eigenvalue weighted by molar-refractivity contribution is 6.18. The van der Waals surface area contributed by atoms with E-state index in [4.69, 9.17) is 15.0 Å². The van der Waals surface area contributed by atoms with Gasteiger partial charge in [-0.25, -0.2) is 15.0 Å². The molecule has 246 valence electrons. The standard InChI is InChI=1S/C48H34N4/c1-48(2)39-24-13-12-23-37(39)43-40(48)27-28-41-44(43)38-26-25-34(31-15-6-3-7-16-31)30-42(38)52(41)36-22-14-21-35(29-36)47-50-45(32-17-8-4-9-18-32)49-46(51-47)33-19-10-5-11-20-33/h3-30H,1-2H3. The molecule has 0 bridgehead atoms. The van der Waals surface area contributed by atoms with Gasteiger partial charge in [-0.05, 0) is 57.6 Å². The van der Waals surface area contributed by atoms with Gasteiger partial charge < -0.3 is 4.57 Å². The lowest BCUT2D eigenvalue weighted by molar-refractivity contribution is 0.661. The first-order valence-corrected chi connectivity index (χ1v) is 17.8. The molecular weight excluding hydrogens is 633 g/mol. The molecule has 4 heteroatoms. The van der Waals surface area contributed by atoms with Gasteiger partial charge in [0.15, 0.2) is 17.5 Å². The Bertz CT molecular complexity index is 2740. The molecule has 0 unspecified atom stereocenters. The highest BCUT2D eigenvalue weighted by Crippen LogP contribution is 2.53. The molecule has 0 radical (unpaired) electrons. The van der Waals surface area contributed by atoms with Crippen LogP contribution in [-0.4, -0.2) is 19.5 Å². The lowest BCUT2D eigenvalue weighted by Crippen LogP contribution is -2.14. The zero-order valence-corrected chi connectivity index (χ0v) is 29.0. The Labute approximate surface area is 302 Å². The molecule has 1 aliphatic carbocycles. The Morgan fingerprint density at radius 1 is 0.423 bits per heavy atom. The van der Waals surface area contributed by atoms with E-state index < -0.39 is 0 Å². The SMILES string of the molecule is CC1(C)c2ccccc2-c2c1ccc1c2c2ccc(-c3ccccc3)cc2n1-c1cccc(-c2nc(-c3ccccc3)nc(-c3ccccc3)n2)c1. The summed E-state index contributed by atoms with van der Waals surface area (Å²) in [5.41, 5.74) is 13.9. The fourth-order valence-corrected chi connectivity index (χ4v) is 8.11. The van der Waals surface area contributed by atoms with Crippen LogP contribution in [0, 0.1) is 0 Å². The minimum Gasteiger partial charge on any atom is -0.309 e. The molecule has 0 spiro atoms. The van der Waals surface area contributed by atoms with Crippen molar-refractivity contribution in [2.24, 2.45) is 0 Å². The minimum absolute atomic E-state index is 0.0932. The van der Waals surface area contributed by atoms with Crippen molar-refractivity contribution in [1.29, 1.82) is 0 Å². The third kappa shape index (κ3) is 4.72. The van der Waals surface area contributed by atoms with E-state index in [0.29, 0.717) is 17.5 Å². The number of benzene rings is 7. The number of fused-ring (bicyclic) bond motifs is 7. The predicted molar refractivity (Wildman–Crippen MR) is 213 cm³/mol. The quantitative estimate of drug-likeness (QED) is 0.184. The summed E-state index contributed by atoms with van der Waals surface area (Å²) in [6, 6.07) is 60.1. The normalized spacial score (nSPS) is 13.0. The van der Waals surface area contributed by atoms with Crippen LogP contribution in [0.2, 0.25) is 0 Å². The van der Waals surface area contributed by atoms with E-state index in [2.05, 4.69) is 128 Å². The van der Waals surface area contributed by atoms with Crippen LogP contribution < -0.4 is 0 Å². The number of hydrogen-bond donors (Lipinski definition) is 0. The molecule has 52 heavy (non-hydrogen) atoms. The van der Waals surface area contributed by atoms with Crippen LogP contribution in [-0.2, 0) is 5.41 Å². The lowest BCUT2D eigenvalue weighted by atomic mass is 9.82. The highest BCUT2D eigenvalue weighted by atomic mass is 15.0. The molecule has 1 aliphatic rings. The molecule has 0 saturated carbocycles. The van der Waals surface area contributed by atoms with Crippen LogP contribution in [0.3, 0.4) is 0 Å². The first-order valence-electron chi connectivity index (χ1n) is 17.8. The van der Waals surface area contributed by atoms with Crippen LogP contribution in [0.15, 0.2) is 170 Å². The molecule has 4 nitrogen and oxygen atoms in total. The molecular formula is C48H34N4. The fraction of sp³-hybridized carbons (Fsp3) is 0.0625. The van der Waals surface area contributed by atoms with E-state index in [1.165, 1.54) is 49.7 Å². The average Bonchev–Trinajstić information content (AvgIpc) is 3.66. The zero-order chi connectivity index (χ0) is 34.8. The second kappa shape index (κ2) is 11.7. The Morgan fingerprint density at radius 3 is 1.67 bits per heavy atom. The summed E-state index contributed by atoms with van der Waals surface area (Å²) in [5, 5.41) is 2.52. The number of aromatic nitrogens is 4. The molecule has 10 rings (SSSR count). The van der Waals surface area contributed by atoms with Gasteiger partial charge in [0, 0.05) is 38.6 Å². The van der Waals surface area contributed by atoms with E-state index in [9.17, 15) is 0 Å². The molecule has 9 aromatic rings. The summed E-state index contributed by atoms with van der Waals surface area (Å²) >= 11 is 0. The van der Waals surface area contributed by atoms with E-state index in [0.717, 1.165) is 27.9 Å². The highest BCUT2D eigenvalue weighted by Gasteiger charge is 2.37. The van der Waals surface area contributed by atoms with E-state index in [1.807, 2.05) is 60.7 Å². The van der Waals surface area contributed by atoms with Crippen LogP contribution >= 0.6 is 0 Å². The third-order valence-corrected chi connectivity index (χ3v) is 10.6.